The smallest absolute Gasteiger partial charge is 0.0961 e. The monoisotopic (exact) mass is 276 g/mol. The number of nitrogens with zero attached hydrogens (tertiary/aromatic N) is 1. The first-order valence-corrected chi connectivity index (χ1v) is 7.25. The largest absolute Gasteiger partial charge is 0.344 e. The number of H-pyrrole nitrogens is 1. The molecule has 1 aromatic heterocycles. The maximum absolute atomic E-state index is 4.53. The second-order valence-corrected chi connectivity index (χ2v) is 5.72. The van der Waals surface area contributed by atoms with Crippen molar-refractivity contribution in [3.63, 3.8) is 0 Å². The molecular formula is C19H20N2. The molecule has 2 nitrogen and oxygen atoms in total. The van der Waals surface area contributed by atoms with Crippen molar-refractivity contribution in [2.75, 3.05) is 0 Å². The molecule has 0 aliphatic rings. The molecule has 0 atom stereocenters. The van der Waals surface area contributed by atoms with Crippen LogP contribution in [0.4, 0.5) is 0 Å². The summed E-state index contributed by atoms with van der Waals surface area (Å²) in [7, 11) is 0. The number of hydrogen-bond donors (Lipinski definition) is 1. The first-order chi connectivity index (χ1) is 10.1. The van der Waals surface area contributed by atoms with Gasteiger partial charge in [0.15, 0.2) is 0 Å². The minimum absolute atomic E-state index is 1.02. The highest BCUT2D eigenvalue weighted by Gasteiger charge is 2.11. The van der Waals surface area contributed by atoms with Gasteiger partial charge in [0.1, 0.15) is 0 Å². The van der Waals surface area contributed by atoms with E-state index in [0.717, 1.165) is 17.0 Å². The fourth-order valence-electron chi connectivity index (χ4n) is 2.52. The van der Waals surface area contributed by atoms with Crippen molar-refractivity contribution in [1.29, 1.82) is 0 Å². The van der Waals surface area contributed by atoms with Gasteiger partial charge in [-0.1, -0.05) is 24.3 Å². The molecule has 0 spiro atoms. The number of hydrogen-bond acceptors (Lipinski definition) is 1. The molecule has 0 aliphatic carbocycles. The Bertz CT molecular complexity index is 731. The lowest BCUT2D eigenvalue weighted by Crippen LogP contribution is -1.88. The highest BCUT2D eigenvalue weighted by molar-refractivity contribution is 5.78. The van der Waals surface area contributed by atoms with Crippen LogP contribution in [-0.4, -0.2) is 9.97 Å². The van der Waals surface area contributed by atoms with E-state index in [1.165, 1.54) is 27.8 Å². The van der Waals surface area contributed by atoms with Crippen molar-refractivity contribution in [2.45, 2.75) is 27.7 Å². The van der Waals surface area contributed by atoms with Gasteiger partial charge in [-0.2, -0.15) is 0 Å². The lowest BCUT2D eigenvalue weighted by Gasteiger charge is -2.08. The van der Waals surface area contributed by atoms with Crippen molar-refractivity contribution >= 4 is 0 Å². The zero-order valence-corrected chi connectivity index (χ0v) is 13.0. The zero-order valence-electron chi connectivity index (χ0n) is 13.0. The van der Waals surface area contributed by atoms with Crippen LogP contribution in [0.2, 0.25) is 0 Å². The van der Waals surface area contributed by atoms with Crippen LogP contribution in [0.3, 0.4) is 0 Å². The normalized spacial score (nSPS) is 10.9. The molecule has 2 heteroatoms. The Morgan fingerprint density at radius 1 is 0.714 bits per heavy atom. The summed E-state index contributed by atoms with van der Waals surface area (Å²) in [4.78, 5) is 7.82. The molecule has 0 fully saturated rings. The molecule has 0 bridgehead atoms. The van der Waals surface area contributed by atoms with Gasteiger partial charge in [-0.15, -0.1) is 0 Å². The highest BCUT2D eigenvalue weighted by atomic mass is 14.9. The number of aromatic amines is 1. The standard InChI is InChI=1S/C19H20N2/c1-12-5-7-16(9-14(12)3)18-19(21-11-20-18)17-8-6-13(2)15(4)10-17/h5-11H,1-4H3,(H,20,21). The van der Waals surface area contributed by atoms with Gasteiger partial charge in [-0.05, 0) is 62.1 Å². The van der Waals surface area contributed by atoms with Gasteiger partial charge in [0.25, 0.3) is 0 Å². The molecule has 3 aromatic rings. The molecule has 0 radical (unpaired) electrons. The Labute approximate surface area is 125 Å². The Kier molecular flexibility index (Phi) is 3.38. The second-order valence-electron chi connectivity index (χ2n) is 5.72. The molecule has 1 heterocycles. The molecule has 0 aliphatic heterocycles. The van der Waals surface area contributed by atoms with Crippen molar-refractivity contribution in [3.05, 3.63) is 65.0 Å². The van der Waals surface area contributed by atoms with E-state index in [1.54, 1.807) is 6.33 Å². The number of imidazole rings is 1. The summed E-state index contributed by atoms with van der Waals surface area (Å²) in [5.41, 5.74) is 9.65. The fraction of sp³-hybridized carbons (Fsp3) is 0.211. The second kappa shape index (κ2) is 5.21. The number of nitrogens with one attached hydrogen (secondary N) is 1. The van der Waals surface area contributed by atoms with Gasteiger partial charge >= 0.3 is 0 Å². The number of rotatable bonds is 2. The lowest BCUT2D eigenvalue weighted by molar-refractivity contribution is 1.30. The third kappa shape index (κ3) is 2.49. The van der Waals surface area contributed by atoms with E-state index in [0.29, 0.717) is 0 Å². The zero-order chi connectivity index (χ0) is 15.0. The third-order valence-corrected chi connectivity index (χ3v) is 4.22. The van der Waals surface area contributed by atoms with Crippen LogP contribution < -0.4 is 0 Å². The summed E-state index contributed by atoms with van der Waals surface area (Å²) >= 11 is 0. The molecule has 106 valence electrons. The molecule has 0 saturated carbocycles. The highest BCUT2D eigenvalue weighted by Crippen LogP contribution is 2.30. The topological polar surface area (TPSA) is 28.7 Å². The predicted molar refractivity (Wildman–Crippen MR) is 88.4 cm³/mol. The Morgan fingerprint density at radius 3 is 1.90 bits per heavy atom. The van der Waals surface area contributed by atoms with Gasteiger partial charge in [0, 0.05) is 11.1 Å². The third-order valence-electron chi connectivity index (χ3n) is 4.22. The molecule has 21 heavy (non-hydrogen) atoms. The van der Waals surface area contributed by atoms with E-state index in [-0.39, 0.29) is 0 Å². The van der Waals surface area contributed by atoms with Crippen molar-refractivity contribution in [1.82, 2.24) is 9.97 Å². The van der Waals surface area contributed by atoms with E-state index in [2.05, 4.69) is 74.1 Å². The van der Waals surface area contributed by atoms with Crippen molar-refractivity contribution < 1.29 is 0 Å². The van der Waals surface area contributed by atoms with Crippen LogP contribution in [0, 0.1) is 27.7 Å². The minimum atomic E-state index is 1.02. The molecule has 2 aromatic carbocycles. The van der Waals surface area contributed by atoms with E-state index in [4.69, 9.17) is 0 Å². The summed E-state index contributed by atoms with van der Waals surface area (Å²) in [6.07, 6.45) is 1.77. The molecule has 0 unspecified atom stereocenters. The first-order valence-electron chi connectivity index (χ1n) is 7.25. The Balaban J connectivity index is 2.12. The van der Waals surface area contributed by atoms with Crippen molar-refractivity contribution in [3.8, 4) is 22.5 Å². The maximum Gasteiger partial charge on any atom is 0.0961 e. The van der Waals surface area contributed by atoms with Crippen LogP contribution in [0.1, 0.15) is 22.3 Å². The number of benzene rings is 2. The average Bonchev–Trinajstić information content (AvgIpc) is 2.94. The van der Waals surface area contributed by atoms with E-state index >= 15 is 0 Å². The van der Waals surface area contributed by atoms with Gasteiger partial charge in [-0.25, -0.2) is 4.98 Å². The van der Waals surface area contributed by atoms with Crippen LogP contribution in [0.5, 0.6) is 0 Å². The molecule has 3 rings (SSSR count). The summed E-state index contributed by atoms with van der Waals surface area (Å²) in [6, 6.07) is 13.0. The van der Waals surface area contributed by atoms with Crippen molar-refractivity contribution in [2.24, 2.45) is 0 Å². The lowest BCUT2D eigenvalue weighted by atomic mass is 9.99. The van der Waals surface area contributed by atoms with Gasteiger partial charge in [0.05, 0.1) is 17.7 Å². The first kappa shape index (κ1) is 13.6. The average molecular weight is 276 g/mol. The molecule has 0 amide bonds. The van der Waals surface area contributed by atoms with Crippen LogP contribution in [0.25, 0.3) is 22.5 Å². The summed E-state index contributed by atoms with van der Waals surface area (Å²) in [6.45, 7) is 8.55. The van der Waals surface area contributed by atoms with Crippen LogP contribution in [0.15, 0.2) is 42.7 Å². The van der Waals surface area contributed by atoms with E-state index in [1.807, 2.05) is 0 Å². The molecular weight excluding hydrogens is 256 g/mol. The number of aromatic nitrogens is 2. The predicted octanol–water partition coefficient (Wildman–Crippen LogP) is 4.98. The van der Waals surface area contributed by atoms with Gasteiger partial charge in [0.2, 0.25) is 0 Å². The fourth-order valence-corrected chi connectivity index (χ4v) is 2.52. The quantitative estimate of drug-likeness (QED) is 0.702. The molecule has 0 saturated heterocycles. The number of aryl methyl sites for hydroxylation is 4. The SMILES string of the molecule is Cc1ccc(-c2nc[nH]c2-c2ccc(C)c(C)c2)cc1C. The summed E-state index contributed by atoms with van der Waals surface area (Å²) in [5, 5.41) is 0. The Morgan fingerprint density at radius 2 is 1.29 bits per heavy atom. The summed E-state index contributed by atoms with van der Waals surface area (Å²) < 4.78 is 0. The Hall–Kier alpha value is -2.35. The minimum Gasteiger partial charge on any atom is -0.344 e. The van der Waals surface area contributed by atoms with E-state index in [9.17, 15) is 0 Å². The molecule has 1 N–H and O–H groups in total. The van der Waals surface area contributed by atoms with Gasteiger partial charge in [-0.3, -0.25) is 0 Å². The van der Waals surface area contributed by atoms with Crippen LogP contribution >= 0.6 is 0 Å². The van der Waals surface area contributed by atoms with Gasteiger partial charge < -0.3 is 4.98 Å². The summed E-state index contributed by atoms with van der Waals surface area (Å²) in [5.74, 6) is 0. The van der Waals surface area contributed by atoms with E-state index < -0.39 is 0 Å². The maximum atomic E-state index is 4.53. The van der Waals surface area contributed by atoms with Crippen LogP contribution in [-0.2, 0) is 0 Å².